The number of hydrogen-bond donors (Lipinski definition) is 1. The highest BCUT2D eigenvalue weighted by Crippen LogP contribution is 2.15. The van der Waals surface area contributed by atoms with Crippen molar-refractivity contribution in [3.8, 4) is 5.75 Å². The molecule has 1 aromatic rings. The standard InChI is InChI=1S/C13H18N2O2.ClH/c1-17-12-4-2-10(3-5-12)13(16)15-8-6-11(14)7-9-15;/h2-5,11H,6-9,14H2,1H3;1H. The van der Waals surface area contributed by atoms with Gasteiger partial charge in [-0.3, -0.25) is 4.79 Å². The maximum absolute atomic E-state index is 12.2. The summed E-state index contributed by atoms with van der Waals surface area (Å²) < 4.78 is 5.07. The Bertz CT molecular complexity index is 386. The molecule has 0 spiro atoms. The van der Waals surface area contributed by atoms with Gasteiger partial charge >= 0.3 is 0 Å². The molecule has 1 aliphatic rings. The van der Waals surface area contributed by atoms with Gasteiger partial charge in [0.05, 0.1) is 7.11 Å². The van der Waals surface area contributed by atoms with E-state index in [4.69, 9.17) is 10.5 Å². The van der Waals surface area contributed by atoms with Crippen molar-refractivity contribution in [1.29, 1.82) is 0 Å². The van der Waals surface area contributed by atoms with Crippen molar-refractivity contribution in [2.24, 2.45) is 5.73 Å². The summed E-state index contributed by atoms with van der Waals surface area (Å²) >= 11 is 0. The highest BCUT2D eigenvalue weighted by molar-refractivity contribution is 5.94. The lowest BCUT2D eigenvalue weighted by molar-refractivity contribution is 0.0714. The molecule has 1 fully saturated rings. The average Bonchev–Trinajstić information content (AvgIpc) is 2.39. The predicted octanol–water partition coefficient (Wildman–Crippen LogP) is 1.68. The van der Waals surface area contributed by atoms with Crippen LogP contribution in [0.5, 0.6) is 5.75 Å². The minimum Gasteiger partial charge on any atom is -0.497 e. The van der Waals surface area contributed by atoms with Crippen LogP contribution in [-0.4, -0.2) is 37.0 Å². The van der Waals surface area contributed by atoms with Crippen LogP contribution in [0.25, 0.3) is 0 Å². The monoisotopic (exact) mass is 270 g/mol. The van der Waals surface area contributed by atoms with Gasteiger partial charge < -0.3 is 15.4 Å². The van der Waals surface area contributed by atoms with Crippen molar-refractivity contribution in [2.75, 3.05) is 20.2 Å². The van der Waals surface area contributed by atoms with E-state index in [1.54, 1.807) is 19.2 Å². The molecule has 1 aliphatic heterocycles. The molecule has 2 N–H and O–H groups in total. The van der Waals surface area contributed by atoms with Crippen LogP contribution in [0, 0.1) is 0 Å². The summed E-state index contributed by atoms with van der Waals surface area (Å²) in [5, 5.41) is 0. The van der Waals surface area contributed by atoms with Gasteiger partial charge in [0.1, 0.15) is 5.75 Å². The topological polar surface area (TPSA) is 55.6 Å². The zero-order valence-electron chi connectivity index (χ0n) is 10.5. The third kappa shape index (κ3) is 3.37. The molecule has 0 atom stereocenters. The Hall–Kier alpha value is -1.26. The molecular formula is C13H19ClN2O2. The van der Waals surface area contributed by atoms with Crippen LogP contribution >= 0.6 is 12.4 Å². The smallest absolute Gasteiger partial charge is 0.253 e. The van der Waals surface area contributed by atoms with Gasteiger partial charge in [-0.15, -0.1) is 12.4 Å². The van der Waals surface area contributed by atoms with Crippen molar-refractivity contribution in [3.05, 3.63) is 29.8 Å². The lowest BCUT2D eigenvalue weighted by atomic mass is 10.0. The van der Waals surface area contributed by atoms with E-state index in [1.165, 1.54) is 0 Å². The molecule has 2 rings (SSSR count). The third-order valence-electron chi connectivity index (χ3n) is 3.16. The van der Waals surface area contributed by atoms with Crippen LogP contribution in [0.1, 0.15) is 23.2 Å². The second kappa shape index (κ2) is 6.61. The van der Waals surface area contributed by atoms with Crippen LogP contribution in [0.4, 0.5) is 0 Å². The van der Waals surface area contributed by atoms with Crippen LogP contribution < -0.4 is 10.5 Å². The molecular weight excluding hydrogens is 252 g/mol. The summed E-state index contributed by atoms with van der Waals surface area (Å²) in [5.74, 6) is 0.849. The molecule has 1 heterocycles. The van der Waals surface area contributed by atoms with Gasteiger partial charge in [-0.05, 0) is 37.1 Å². The van der Waals surface area contributed by atoms with E-state index in [0.717, 1.165) is 31.7 Å². The molecule has 1 aromatic carbocycles. The maximum atomic E-state index is 12.2. The predicted molar refractivity (Wildman–Crippen MR) is 73.4 cm³/mol. The Morgan fingerprint density at radius 1 is 1.28 bits per heavy atom. The molecule has 0 bridgehead atoms. The molecule has 0 unspecified atom stereocenters. The van der Waals surface area contributed by atoms with Gasteiger partial charge in [-0.2, -0.15) is 0 Å². The highest BCUT2D eigenvalue weighted by atomic mass is 35.5. The fourth-order valence-corrected chi connectivity index (χ4v) is 2.02. The minimum atomic E-state index is 0. The number of piperidine rings is 1. The fourth-order valence-electron chi connectivity index (χ4n) is 2.02. The Balaban J connectivity index is 0.00000162. The molecule has 4 nitrogen and oxygen atoms in total. The molecule has 1 amide bonds. The molecule has 5 heteroatoms. The first kappa shape index (κ1) is 14.8. The number of carbonyl (C=O) groups is 1. The second-order valence-corrected chi connectivity index (χ2v) is 4.36. The Morgan fingerprint density at radius 2 is 1.83 bits per heavy atom. The van der Waals surface area contributed by atoms with Crippen molar-refractivity contribution >= 4 is 18.3 Å². The van der Waals surface area contributed by atoms with Gasteiger partial charge in [-0.25, -0.2) is 0 Å². The van der Waals surface area contributed by atoms with Crippen LogP contribution in [-0.2, 0) is 0 Å². The SMILES string of the molecule is COc1ccc(C(=O)N2CCC(N)CC2)cc1.Cl. The number of carbonyl (C=O) groups excluding carboxylic acids is 1. The number of amides is 1. The molecule has 0 radical (unpaired) electrons. The molecule has 100 valence electrons. The normalized spacial score (nSPS) is 16.0. The number of hydrogen-bond acceptors (Lipinski definition) is 3. The minimum absolute atomic E-state index is 0. The number of likely N-dealkylation sites (tertiary alicyclic amines) is 1. The summed E-state index contributed by atoms with van der Waals surface area (Å²) in [6.45, 7) is 1.51. The van der Waals surface area contributed by atoms with E-state index in [2.05, 4.69) is 0 Å². The highest BCUT2D eigenvalue weighted by Gasteiger charge is 2.21. The Kier molecular flexibility index (Phi) is 5.44. The zero-order chi connectivity index (χ0) is 12.3. The van der Waals surface area contributed by atoms with E-state index in [1.807, 2.05) is 17.0 Å². The largest absolute Gasteiger partial charge is 0.497 e. The quantitative estimate of drug-likeness (QED) is 0.890. The summed E-state index contributed by atoms with van der Waals surface area (Å²) in [7, 11) is 1.61. The fraction of sp³-hybridized carbons (Fsp3) is 0.462. The van der Waals surface area contributed by atoms with Crippen molar-refractivity contribution in [3.63, 3.8) is 0 Å². The van der Waals surface area contributed by atoms with Gasteiger partial charge in [0.25, 0.3) is 5.91 Å². The van der Waals surface area contributed by atoms with Gasteiger partial charge in [0.15, 0.2) is 0 Å². The summed E-state index contributed by atoms with van der Waals surface area (Å²) in [4.78, 5) is 14.0. The Labute approximate surface area is 114 Å². The number of rotatable bonds is 2. The first-order valence-electron chi connectivity index (χ1n) is 5.89. The molecule has 1 saturated heterocycles. The van der Waals surface area contributed by atoms with Crippen LogP contribution in [0.3, 0.4) is 0 Å². The summed E-state index contributed by atoms with van der Waals surface area (Å²) in [6, 6.07) is 7.46. The van der Waals surface area contributed by atoms with E-state index in [9.17, 15) is 4.79 Å². The molecule has 0 saturated carbocycles. The van der Waals surface area contributed by atoms with Crippen molar-refractivity contribution in [2.45, 2.75) is 18.9 Å². The maximum Gasteiger partial charge on any atom is 0.253 e. The number of ether oxygens (including phenoxy) is 1. The average molecular weight is 271 g/mol. The van der Waals surface area contributed by atoms with Crippen LogP contribution in [0.15, 0.2) is 24.3 Å². The van der Waals surface area contributed by atoms with E-state index >= 15 is 0 Å². The third-order valence-corrected chi connectivity index (χ3v) is 3.16. The lowest BCUT2D eigenvalue weighted by Gasteiger charge is -2.30. The van der Waals surface area contributed by atoms with E-state index in [0.29, 0.717) is 5.56 Å². The number of nitrogens with two attached hydrogens (primary N) is 1. The number of nitrogens with zero attached hydrogens (tertiary/aromatic N) is 1. The first-order chi connectivity index (χ1) is 8.20. The summed E-state index contributed by atoms with van der Waals surface area (Å²) in [6.07, 6.45) is 1.78. The van der Waals surface area contributed by atoms with Crippen molar-refractivity contribution < 1.29 is 9.53 Å². The van der Waals surface area contributed by atoms with Crippen molar-refractivity contribution in [1.82, 2.24) is 4.90 Å². The van der Waals surface area contributed by atoms with Gasteiger partial charge in [-0.1, -0.05) is 0 Å². The van der Waals surface area contributed by atoms with E-state index in [-0.39, 0.29) is 24.4 Å². The zero-order valence-corrected chi connectivity index (χ0v) is 11.3. The number of halogens is 1. The lowest BCUT2D eigenvalue weighted by Crippen LogP contribution is -2.42. The van der Waals surface area contributed by atoms with Crippen LogP contribution in [0.2, 0.25) is 0 Å². The molecule has 0 aliphatic carbocycles. The summed E-state index contributed by atoms with van der Waals surface area (Å²) in [5.41, 5.74) is 6.53. The van der Waals surface area contributed by atoms with Gasteiger partial charge in [0.2, 0.25) is 0 Å². The molecule has 0 aromatic heterocycles. The van der Waals surface area contributed by atoms with Gasteiger partial charge in [0, 0.05) is 24.7 Å². The second-order valence-electron chi connectivity index (χ2n) is 4.36. The van der Waals surface area contributed by atoms with E-state index < -0.39 is 0 Å². The number of methoxy groups -OCH3 is 1. The first-order valence-corrected chi connectivity index (χ1v) is 5.89. The molecule has 18 heavy (non-hydrogen) atoms. The Morgan fingerprint density at radius 3 is 2.33 bits per heavy atom. The number of benzene rings is 1.